The van der Waals surface area contributed by atoms with Crippen LogP contribution in [0, 0.1) is 0 Å². The summed E-state index contributed by atoms with van der Waals surface area (Å²) in [5, 5.41) is 0.801. The third-order valence-corrected chi connectivity index (χ3v) is 3.38. The summed E-state index contributed by atoms with van der Waals surface area (Å²) in [5.74, 6) is 0.270. The number of hydrogen-bond acceptors (Lipinski definition) is 7. The monoisotopic (exact) mass is 267 g/mol. The number of nitrogens with two attached hydrogens (primary N) is 1. The molecule has 0 bridgehead atoms. The molecule has 18 heavy (non-hydrogen) atoms. The number of H-pyrrole nitrogens is 1. The summed E-state index contributed by atoms with van der Waals surface area (Å²) < 4.78 is 4.56. The zero-order valence-corrected chi connectivity index (χ0v) is 10.6. The number of methoxy groups -OCH3 is 1. The van der Waals surface area contributed by atoms with Gasteiger partial charge in [-0.3, -0.25) is 4.79 Å². The summed E-state index contributed by atoms with van der Waals surface area (Å²) in [4.78, 5) is 26.3. The van der Waals surface area contributed by atoms with E-state index >= 15 is 0 Å². The number of rotatable bonds is 5. The van der Waals surface area contributed by atoms with Gasteiger partial charge in [-0.05, 0) is 6.42 Å². The van der Waals surface area contributed by atoms with E-state index in [1.54, 1.807) is 6.33 Å². The van der Waals surface area contributed by atoms with Crippen LogP contribution in [0.25, 0.3) is 11.2 Å². The molecule has 0 radical (unpaired) electrons. The van der Waals surface area contributed by atoms with Crippen LogP contribution in [0.3, 0.4) is 0 Å². The Morgan fingerprint density at radius 2 is 2.39 bits per heavy atom. The highest BCUT2D eigenvalue weighted by molar-refractivity contribution is 7.99. The van der Waals surface area contributed by atoms with Gasteiger partial charge in [-0.2, -0.15) is 0 Å². The molecule has 0 amide bonds. The Kier molecular flexibility index (Phi) is 4.11. The maximum Gasteiger partial charge on any atom is 0.322 e. The molecule has 0 aliphatic carbocycles. The SMILES string of the molecule is COC(=O)C(N)CCSc1ncnc2nc[nH]c12. The number of fused-ring (bicyclic) bond motifs is 1. The van der Waals surface area contributed by atoms with Crippen molar-refractivity contribution in [2.24, 2.45) is 5.73 Å². The molecule has 0 saturated carbocycles. The molecule has 1 atom stereocenters. The number of aromatic amines is 1. The van der Waals surface area contributed by atoms with Gasteiger partial charge in [-0.15, -0.1) is 11.8 Å². The lowest BCUT2D eigenvalue weighted by Gasteiger charge is -2.08. The lowest BCUT2D eigenvalue weighted by molar-refractivity contribution is -0.142. The molecule has 2 aromatic heterocycles. The van der Waals surface area contributed by atoms with E-state index < -0.39 is 12.0 Å². The highest BCUT2D eigenvalue weighted by Gasteiger charge is 2.14. The molecule has 2 aromatic rings. The van der Waals surface area contributed by atoms with Crippen molar-refractivity contribution in [2.45, 2.75) is 17.5 Å². The third kappa shape index (κ3) is 2.77. The standard InChI is InChI=1S/C10H13N5O2S/c1-17-10(16)6(11)2-3-18-9-7-8(13-4-12-7)14-5-15-9/h4-6H,2-3,11H2,1H3,(H,12,13,14,15). The molecule has 2 heterocycles. The number of aromatic nitrogens is 4. The lowest BCUT2D eigenvalue weighted by Crippen LogP contribution is -2.31. The van der Waals surface area contributed by atoms with Gasteiger partial charge >= 0.3 is 5.97 Å². The van der Waals surface area contributed by atoms with Crippen molar-refractivity contribution in [3.05, 3.63) is 12.7 Å². The molecule has 0 spiro atoms. The molecule has 0 fully saturated rings. The summed E-state index contributed by atoms with van der Waals surface area (Å²) in [6, 6.07) is -0.596. The number of carbonyl (C=O) groups excluding carboxylic acids is 1. The molecule has 2 rings (SSSR count). The molecule has 96 valence electrons. The molecule has 0 aromatic carbocycles. The maximum absolute atomic E-state index is 11.1. The fourth-order valence-corrected chi connectivity index (χ4v) is 2.39. The zero-order chi connectivity index (χ0) is 13.0. The fraction of sp³-hybridized carbons (Fsp3) is 0.400. The topological polar surface area (TPSA) is 107 Å². The number of hydrogen-bond donors (Lipinski definition) is 2. The molecular weight excluding hydrogens is 254 g/mol. The number of ether oxygens (including phenoxy) is 1. The Labute approximate surface area is 108 Å². The number of nitrogens with one attached hydrogen (secondary N) is 1. The average Bonchev–Trinajstić information content (AvgIpc) is 2.86. The van der Waals surface area contributed by atoms with Gasteiger partial charge in [0.05, 0.1) is 13.4 Å². The van der Waals surface area contributed by atoms with Gasteiger partial charge in [0, 0.05) is 5.75 Å². The quantitative estimate of drug-likeness (QED) is 0.457. The lowest BCUT2D eigenvalue weighted by atomic mass is 10.2. The van der Waals surface area contributed by atoms with Crippen molar-refractivity contribution in [1.82, 2.24) is 19.9 Å². The summed E-state index contributed by atoms with van der Waals surface area (Å²) in [6.45, 7) is 0. The molecule has 1 unspecified atom stereocenters. The summed E-state index contributed by atoms with van der Waals surface area (Å²) in [5.41, 5.74) is 7.07. The Morgan fingerprint density at radius 1 is 1.56 bits per heavy atom. The van der Waals surface area contributed by atoms with Crippen LogP contribution < -0.4 is 5.73 Å². The van der Waals surface area contributed by atoms with Gasteiger partial charge in [0.2, 0.25) is 0 Å². The van der Waals surface area contributed by atoms with E-state index in [-0.39, 0.29) is 0 Å². The zero-order valence-electron chi connectivity index (χ0n) is 9.79. The molecule has 3 N–H and O–H groups in total. The predicted molar refractivity (Wildman–Crippen MR) is 67.0 cm³/mol. The van der Waals surface area contributed by atoms with Gasteiger partial charge < -0.3 is 15.5 Å². The predicted octanol–water partition coefficient (Wildman–Crippen LogP) is 0.335. The molecule has 0 saturated heterocycles. The summed E-state index contributed by atoms with van der Waals surface area (Å²) in [6.07, 6.45) is 3.56. The number of carbonyl (C=O) groups is 1. The highest BCUT2D eigenvalue weighted by atomic mass is 32.2. The van der Waals surface area contributed by atoms with E-state index in [0.29, 0.717) is 17.8 Å². The van der Waals surface area contributed by atoms with Gasteiger partial charge in [0.1, 0.15) is 22.9 Å². The first-order valence-corrected chi connectivity index (χ1v) is 6.31. The summed E-state index contributed by atoms with van der Waals surface area (Å²) in [7, 11) is 1.33. The minimum atomic E-state index is -0.596. The molecule has 0 aliphatic rings. The first-order valence-electron chi connectivity index (χ1n) is 5.32. The maximum atomic E-state index is 11.1. The highest BCUT2D eigenvalue weighted by Crippen LogP contribution is 2.22. The first kappa shape index (κ1) is 12.8. The van der Waals surface area contributed by atoms with Gasteiger partial charge in [0.25, 0.3) is 0 Å². The third-order valence-electron chi connectivity index (χ3n) is 2.36. The van der Waals surface area contributed by atoms with Crippen LogP contribution in [0.4, 0.5) is 0 Å². The number of nitrogens with zero attached hydrogens (tertiary/aromatic N) is 3. The second-order valence-electron chi connectivity index (χ2n) is 3.55. The van der Waals surface area contributed by atoms with Crippen LogP contribution in [0.1, 0.15) is 6.42 Å². The van der Waals surface area contributed by atoms with Gasteiger partial charge in [-0.1, -0.05) is 0 Å². The number of imidazole rings is 1. The largest absolute Gasteiger partial charge is 0.468 e. The Balaban J connectivity index is 1.94. The van der Waals surface area contributed by atoms with E-state index in [1.807, 2.05) is 0 Å². The minimum absolute atomic E-state index is 0.398. The van der Waals surface area contributed by atoms with E-state index in [2.05, 4.69) is 24.7 Å². The molecule has 8 heteroatoms. The molecular formula is C10H13N5O2S. The van der Waals surface area contributed by atoms with Crippen molar-refractivity contribution in [2.75, 3.05) is 12.9 Å². The van der Waals surface area contributed by atoms with E-state index in [4.69, 9.17) is 5.73 Å². The van der Waals surface area contributed by atoms with Gasteiger partial charge in [-0.25, -0.2) is 15.0 Å². The van der Waals surface area contributed by atoms with Crippen LogP contribution in [0.2, 0.25) is 0 Å². The minimum Gasteiger partial charge on any atom is -0.468 e. The summed E-state index contributed by atoms with van der Waals surface area (Å²) >= 11 is 1.50. The number of thioether (sulfide) groups is 1. The van der Waals surface area contributed by atoms with Gasteiger partial charge in [0.15, 0.2) is 5.65 Å². The van der Waals surface area contributed by atoms with Crippen LogP contribution in [-0.2, 0) is 9.53 Å². The molecule has 7 nitrogen and oxygen atoms in total. The normalized spacial score (nSPS) is 12.6. The van der Waals surface area contributed by atoms with E-state index in [0.717, 1.165) is 10.5 Å². The van der Waals surface area contributed by atoms with Crippen molar-refractivity contribution in [1.29, 1.82) is 0 Å². The van der Waals surface area contributed by atoms with E-state index in [1.165, 1.54) is 25.2 Å². The van der Waals surface area contributed by atoms with Crippen molar-refractivity contribution in [3.63, 3.8) is 0 Å². The second kappa shape index (κ2) is 5.78. The van der Waals surface area contributed by atoms with E-state index in [9.17, 15) is 4.79 Å². The fourth-order valence-electron chi connectivity index (χ4n) is 1.40. The van der Waals surface area contributed by atoms with Crippen LogP contribution in [0.5, 0.6) is 0 Å². The Bertz CT molecular complexity index is 544. The number of esters is 1. The second-order valence-corrected chi connectivity index (χ2v) is 4.63. The Hall–Kier alpha value is -1.67. The van der Waals surface area contributed by atoms with Crippen molar-refractivity contribution >= 4 is 28.9 Å². The van der Waals surface area contributed by atoms with Crippen LogP contribution >= 0.6 is 11.8 Å². The first-order chi connectivity index (χ1) is 8.72. The average molecular weight is 267 g/mol. The van der Waals surface area contributed by atoms with Crippen LogP contribution in [-0.4, -0.2) is 44.8 Å². The Morgan fingerprint density at radius 3 is 3.17 bits per heavy atom. The van der Waals surface area contributed by atoms with Crippen molar-refractivity contribution in [3.8, 4) is 0 Å². The smallest absolute Gasteiger partial charge is 0.322 e. The van der Waals surface area contributed by atoms with Crippen molar-refractivity contribution < 1.29 is 9.53 Å². The molecule has 0 aliphatic heterocycles. The van der Waals surface area contributed by atoms with Crippen LogP contribution in [0.15, 0.2) is 17.7 Å².